The van der Waals surface area contributed by atoms with Gasteiger partial charge in [-0.15, -0.1) is 0 Å². The first kappa shape index (κ1) is 26.8. The predicted molar refractivity (Wildman–Crippen MR) is 146 cm³/mol. The van der Waals surface area contributed by atoms with Crippen molar-refractivity contribution in [1.29, 1.82) is 0 Å². The molecule has 0 bridgehead atoms. The fourth-order valence-corrected chi connectivity index (χ4v) is 4.08. The molecule has 4 aromatic carbocycles. The molecule has 0 unspecified atom stereocenters. The Morgan fingerprint density at radius 3 is 1.90 bits per heavy atom. The summed E-state index contributed by atoms with van der Waals surface area (Å²) in [6.07, 6.45) is 0. The molecule has 1 aliphatic heterocycles. The lowest BCUT2D eigenvalue weighted by Gasteiger charge is -2.14. The molecule has 11 nitrogen and oxygen atoms in total. The number of amides is 3. The number of anilines is 1. The highest BCUT2D eigenvalue weighted by atomic mass is 16.6. The van der Waals surface area contributed by atoms with Gasteiger partial charge in [0.15, 0.2) is 0 Å². The van der Waals surface area contributed by atoms with Crippen LogP contribution in [0.4, 0.5) is 11.4 Å². The number of fused-ring (bicyclic) bond motifs is 1. The number of carbonyl (C=O) groups is 4. The van der Waals surface area contributed by atoms with Gasteiger partial charge in [-0.1, -0.05) is 24.3 Å². The number of benzene rings is 4. The number of nitro benzene ring substituents is 1. The van der Waals surface area contributed by atoms with Crippen LogP contribution in [-0.4, -0.2) is 35.2 Å². The van der Waals surface area contributed by atoms with E-state index in [2.05, 4.69) is 5.32 Å². The summed E-state index contributed by atoms with van der Waals surface area (Å²) in [5, 5.41) is 13.2. The third-order valence-corrected chi connectivity index (χ3v) is 6.18. The second-order valence-electron chi connectivity index (χ2n) is 8.88. The highest BCUT2D eigenvalue weighted by Crippen LogP contribution is 2.28. The Morgan fingerprint density at radius 2 is 1.34 bits per heavy atom. The number of nitrogens with zero attached hydrogens (tertiary/aromatic N) is 2. The van der Waals surface area contributed by atoms with Crippen LogP contribution >= 0.6 is 0 Å². The van der Waals surface area contributed by atoms with E-state index >= 15 is 0 Å². The standard InChI is InChI=1S/C30H21N3O8/c34-27(40-18-19-5-13-23(14-6-19)41-24-15-11-22(12-16-24)33(38)39)17-31-28(35)20-7-9-21(10-8-20)32-29(36)25-3-1-2-4-26(25)30(32)37/h1-16H,17-18H2,(H,31,35). The zero-order valence-electron chi connectivity index (χ0n) is 21.3. The predicted octanol–water partition coefficient (Wildman–Crippen LogP) is 4.66. The molecule has 4 aromatic rings. The van der Waals surface area contributed by atoms with Gasteiger partial charge in [-0.25, -0.2) is 4.90 Å². The summed E-state index contributed by atoms with van der Waals surface area (Å²) >= 11 is 0. The van der Waals surface area contributed by atoms with E-state index in [1.165, 1.54) is 48.5 Å². The Bertz CT molecular complexity index is 1610. The van der Waals surface area contributed by atoms with E-state index in [1.54, 1.807) is 48.5 Å². The average Bonchev–Trinajstić information content (AvgIpc) is 3.25. The Hall–Kier alpha value is -5.84. The number of rotatable bonds is 9. The van der Waals surface area contributed by atoms with Crippen LogP contribution in [0.5, 0.6) is 11.5 Å². The lowest BCUT2D eigenvalue weighted by atomic mass is 10.1. The first-order valence-corrected chi connectivity index (χ1v) is 12.3. The van der Waals surface area contributed by atoms with Crippen molar-refractivity contribution in [2.75, 3.05) is 11.4 Å². The van der Waals surface area contributed by atoms with E-state index in [4.69, 9.17) is 9.47 Å². The molecule has 0 spiro atoms. The van der Waals surface area contributed by atoms with Crippen LogP contribution in [0.2, 0.25) is 0 Å². The molecule has 1 aliphatic rings. The summed E-state index contributed by atoms with van der Waals surface area (Å²) in [6, 6.07) is 24.8. The third kappa shape index (κ3) is 5.93. The molecular weight excluding hydrogens is 530 g/mol. The highest BCUT2D eigenvalue weighted by molar-refractivity contribution is 6.34. The molecule has 0 saturated heterocycles. The second kappa shape index (κ2) is 11.5. The van der Waals surface area contributed by atoms with Crippen LogP contribution in [0.25, 0.3) is 0 Å². The molecule has 0 aromatic heterocycles. The van der Waals surface area contributed by atoms with Crippen LogP contribution in [0.15, 0.2) is 97.1 Å². The normalized spacial score (nSPS) is 12.0. The van der Waals surface area contributed by atoms with E-state index in [0.29, 0.717) is 33.9 Å². The number of hydrogen-bond donors (Lipinski definition) is 1. The van der Waals surface area contributed by atoms with Gasteiger partial charge in [0, 0.05) is 17.7 Å². The Morgan fingerprint density at radius 1 is 0.780 bits per heavy atom. The van der Waals surface area contributed by atoms with Gasteiger partial charge in [-0.2, -0.15) is 0 Å². The maximum atomic E-state index is 12.6. The highest BCUT2D eigenvalue weighted by Gasteiger charge is 2.36. The first-order valence-electron chi connectivity index (χ1n) is 12.3. The number of hydrogen-bond acceptors (Lipinski definition) is 8. The molecule has 41 heavy (non-hydrogen) atoms. The topological polar surface area (TPSA) is 145 Å². The van der Waals surface area contributed by atoms with Gasteiger partial charge in [-0.05, 0) is 66.2 Å². The number of carbonyl (C=O) groups excluding carboxylic acids is 4. The van der Waals surface area contributed by atoms with Gasteiger partial charge in [0.1, 0.15) is 24.7 Å². The van der Waals surface area contributed by atoms with Crippen molar-refractivity contribution in [2.24, 2.45) is 0 Å². The van der Waals surface area contributed by atoms with E-state index in [0.717, 1.165) is 4.90 Å². The van der Waals surface area contributed by atoms with Crippen molar-refractivity contribution in [3.8, 4) is 11.5 Å². The molecule has 0 fully saturated rings. The van der Waals surface area contributed by atoms with E-state index in [1.807, 2.05) is 0 Å². The maximum absolute atomic E-state index is 12.6. The molecule has 0 atom stereocenters. The summed E-state index contributed by atoms with van der Waals surface area (Å²) in [6.45, 7) is -0.387. The summed E-state index contributed by atoms with van der Waals surface area (Å²) in [5.41, 5.74) is 1.86. The smallest absolute Gasteiger partial charge is 0.325 e. The minimum atomic E-state index is -0.646. The van der Waals surface area contributed by atoms with Crippen LogP contribution in [0, 0.1) is 10.1 Å². The minimum Gasteiger partial charge on any atom is -0.460 e. The summed E-state index contributed by atoms with van der Waals surface area (Å²) in [5.74, 6) is -1.11. The number of imide groups is 1. The Balaban J connectivity index is 1.08. The summed E-state index contributed by atoms with van der Waals surface area (Å²) in [4.78, 5) is 61.2. The number of ether oxygens (including phenoxy) is 2. The first-order chi connectivity index (χ1) is 19.8. The maximum Gasteiger partial charge on any atom is 0.325 e. The molecule has 11 heteroatoms. The number of non-ortho nitro benzene ring substituents is 1. The SMILES string of the molecule is O=C(CNC(=O)c1ccc(N2C(=O)c3ccccc3C2=O)cc1)OCc1ccc(Oc2ccc([N+](=O)[O-])cc2)cc1. The fraction of sp³-hybridized carbons (Fsp3) is 0.0667. The van der Waals surface area contributed by atoms with Crippen molar-refractivity contribution in [3.05, 3.63) is 129 Å². The fourth-order valence-electron chi connectivity index (χ4n) is 4.08. The van der Waals surface area contributed by atoms with Crippen LogP contribution in [0.3, 0.4) is 0 Å². The number of nitrogens with one attached hydrogen (secondary N) is 1. The Labute approximate surface area is 233 Å². The molecule has 0 radical (unpaired) electrons. The zero-order chi connectivity index (χ0) is 28.9. The largest absolute Gasteiger partial charge is 0.460 e. The molecule has 1 heterocycles. The lowest BCUT2D eigenvalue weighted by Crippen LogP contribution is -2.31. The van der Waals surface area contributed by atoms with Crippen molar-refractivity contribution >= 4 is 35.1 Å². The molecule has 3 amide bonds. The van der Waals surface area contributed by atoms with E-state index in [9.17, 15) is 29.3 Å². The van der Waals surface area contributed by atoms with Gasteiger partial charge in [0.05, 0.1) is 21.7 Å². The van der Waals surface area contributed by atoms with Gasteiger partial charge in [-0.3, -0.25) is 29.3 Å². The summed E-state index contributed by atoms with van der Waals surface area (Å²) in [7, 11) is 0. The van der Waals surface area contributed by atoms with Crippen molar-refractivity contribution in [3.63, 3.8) is 0 Å². The molecule has 0 aliphatic carbocycles. The number of nitro groups is 1. The molecular formula is C30H21N3O8. The van der Waals surface area contributed by atoms with E-state index < -0.39 is 28.6 Å². The molecule has 5 rings (SSSR count). The Kier molecular flexibility index (Phi) is 7.50. The number of esters is 1. The molecule has 1 N–H and O–H groups in total. The van der Waals surface area contributed by atoms with Crippen molar-refractivity contribution in [2.45, 2.75) is 6.61 Å². The van der Waals surface area contributed by atoms with Crippen LogP contribution < -0.4 is 15.0 Å². The quantitative estimate of drug-likeness (QED) is 0.137. The van der Waals surface area contributed by atoms with Gasteiger partial charge in [0.25, 0.3) is 23.4 Å². The lowest BCUT2D eigenvalue weighted by molar-refractivity contribution is -0.384. The minimum absolute atomic E-state index is 0.0263. The van der Waals surface area contributed by atoms with Crippen molar-refractivity contribution in [1.82, 2.24) is 5.32 Å². The van der Waals surface area contributed by atoms with Crippen LogP contribution in [-0.2, 0) is 16.1 Å². The van der Waals surface area contributed by atoms with Gasteiger partial charge < -0.3 is 14.8 Å². The van der Waals surface area contributed by atoms with Gasteiger partial charge in [0.2, 0.25) is 0 Å². The van der Waals surface area contributed by atoms with Crippen molar-refractivity contribution < 1.29 is 33.6 Å². The monoisotopic (exact) mass is 551 g/mol. The molecule has 204 valence electrons. The zero-order valence-corrected chi connectivity index (χ0v) is 21.3. The molecule has 0 saturated carbocycles. The van der Waals surface area contributed by atoms with E-state index in [-0.39, 0.29) is 24.4 Å². The average molecular weight is 552 g/mol. The summed E-state index contributed by atoms with van der Waals surface area (Å²) < 4.78 is 10.9. The second-order valence-corrected chi connectivity index (χ2v) is 8.88. The van der Waals surface area contributed by atoms with Gasteiger partial charge >= 0.3 is 5.97 Å². The van der Waals surface area contributed by atoms with Crippen LogP contribution in [0.1, 0.15) is 36.6 Å². The third-order valence-electron chi connectivity index (χ3n) is 6.18.